The molecule has 4 N–H and O–H groups in total. The molecule has 0 unspecified atom stereocenters. The van der Waals surface area contributed by atoms with Gasteiger partial charge in [-0.1, -0.05) is 6.92 Å². The number of carbonyl (C=O) groups excluding carboxylic acids is 1. The molecule has 1 amide bonds. The van der Waals surface area contributed by atoms with Crippen LogP contribution in [0.4, 0.5) is 21.7 Å². The highest BCUT2D eigenvalue weighted by Gasteiger charge is 2.18. The summed E-state index contributed by atoms with van der Waals surface area (Å²) in [6.07, 6.45) is 4.21. The second-order valence-electron chi connectivity index (χ2n) is 7.60. The number of halogens is 1. The Morgan fingerprint density at radius 1 is 1.29 bits per heavy atom. The molecule has 11 nitrogen and oxygen atoms in total. The quantitative estimate of drug-likeness (QED) is 0.307. The van der Waals surface area contributed by atoms with Crippen molar-refractivity contribution in [2.24, 2.45) is 5.92 Å². The Morgan fingerprint density at radius 3 is 2.85 bits per heavy atom. The second kappa shape index (κ2) is 9.67. The molecule has 34 heavy (non-hydrogen) atoms. The van der Waals surface area contributed by atoms with Crippen molar-refractivity contribution in [1.82, 2.24) is 29.5 Å². The van der Waals surface area contributed by atoms with Crippen LogP contribution in [-0.2, 0) is 0 Å². The number of aliphatic hydroxyl groups excluding tert-OH is 1. The molecule has 4 heterocycles. The summed E-state index contributed by atoms with van der Waals surface area (Å²) in [6, 6.07) is 7.39. The van der Waals surface area contributed by atoms with E-state index in [1.807, 2.05) is 0 Å². The molecule has 1 atom stereocenters. The van der Waals surface area contributed by atoms with Crippen molar-refractivity contribution >= 4 is 28.9 Å². The molecule has 4 rings (SSSR count). The van der Waals surface area contributed by atoms with E-state index >= 15 is 0 Å². The zero-order valence-corrected chi connectivity index (χ0v) is 18.5. The predicted molar refractivity (Wildman–Crippen MR) is 124 cm³/mol. The van der Waals surface area contributed by atoms with Crippen LogP contribution in [-0.4, -0.2) is 55.4 Å². The molecule has 0 aliphatic heterocycles. The second-order valence-corrected chi connectivity index (χ2v) is 7.60. The largest absolute Gasteiger partial charge is 0.396 e. The third-order valence-corrected chi connectivity index (χ3v) is 5.07. The summed E-state index contributed by atoms with van der Waals surface area (Å²) >= 11 is 0. The molecule has 0 radical (unpaired) electrons. The summed E-state index contributed by atoms with van der Waals surface area (Å²) in [5.41, 5.74) is 0.0906. The minimum Gasteiger partial charge on any atom is -0.396 e. The van der Waals surface area contributed by atoms with E-state index in [0.717, 1.165) is 4.57 Å². The van der Waals surface area contributed by atoms with Crippen molar-refractivity contribution in [3.8, 4) is 5.82 Å². The van der Waals surface area contributed by atoms with Crippen molar-refractivity contribution < 1.29 is 14.3 Å². The number of hydrogen-bond acceptors (Lipinski definition) is 8. The average molecular weight is 466 g/mol. The van der Waals surface area contributed by atoms with Crippen LogP contribution in [0.25, 0.3) is 11.5 Å². The predicted octanol–water partition coefficient (Wildman–Crippen LogP) is 1.56. The number of anilines is 3. The van der Waals surface area contributed by atoms with Crippen LogP contribution in [0.5, 0.6) is 0 Å². The van der Waals surface area contributed by atoms with E-state index in [4.69, 9.17) is 0 Å². The van der Waals surface area contributed by atoms with Crippen LogP contribution in [0.15, 0.2) is 53.7 Å². The van der Waals surface area contributed by atoms with Crippen molar-refractivity contribution in [3.05, 3.63) is 70.7 Å². The number of pyridine rings is 2. The van der Waals surface area contributed by atoms with Gasteiger partial charge in [0.15, 0.2) is 17.3 Å². The summed E-state index contributed by atoms with van der Waals surface area (Å²) in [6.45, 7) is 2.04. The smallest absolute Gasteiger partial charge is 0.280 e. The fourth-order valence-electron chi connectivity index (χ4n) is 3.24. The number of aromatic nitrogens is 5. The number of fused-ring (bicyclic) bond motifs is 1. The van der Waals surface area contributed by atoms with Gasteiger partial charge in [0.1, 0.15) is 22.9 Å². The highest BCUT2D eigenvalue weighted by Crippen LogP contribution is 2.21. The Morgan fingerprint density at radius 2 is 2.12 bits per heavy atom. The molecule has 0 saturated carbocycles. The van der Waals surface area contributed by atoms with Gasteiger partial charge in [-0.05, 0) is 30.2 Å². The lowest BCUT2D eigenvalue weighted by Gasteiger charge is -2.12. The van der Waals surface area contributed by atoms with Gasteiger partial charge in [0.05, 0.1) is 6.20 Å². The van der Waals surface area contributed by atoms with Crippen LogP contribution >= 0.6 is 0 Å². The van der Waals surface area contributed by atoms with Gasteiger partial charge in [-0.3, -0.25) is 14.2 Å². The fourth-order valence-corrected chi connectivity index (χ4v) is 3.24. The summed E-state index contributed by atoms with van der Waals surface area (Å²) in [7, 11) is 1.68. The van der Waals surface area contributed by atoms with E-state index < -0.39 is 17.3 Å². The van der Waals surface area contributed by atoms with Gasteiger partial charge in [-0.25, -0.2) is 14.4 Å². The summed E-state index contributed by atoms with van der Waals surface area (Å²) in [5.74, 6) is -0.469. The van der Waals surface area contributed by atoms with Crippen LogP contribution < -0.4 is 21.5 Å². The number of rotatable bonds is 8. The molecular formula is C22H23FN8O3. The Labute approximate surface area is 193 Å². The van der Waals surface area contributed by atoms with E-state index in [-0.39, 0.29) is 47.6 Å². The molecule has 176 valence electrons. The number of carbonyl (C=O) groups is 1. The standard InChI is InChI=1S/C22H23FN8O3/c1-13(12-32)10-26-21(33)14-11-27-31-18(24-2)9-17(29-19(14)31)28-16-6-4-8-30(22(16)34)20-15(23)5-3-7-25-20/h3-9,11,13,24,32H,10,12H2,1-2H3,(H,26,33)(H,28,29)/t13-/m1/s1. The van der Waals surface area contributed by atoms with E-state index in [2.05, 4.69) is 31.0 Å². The Hall–Kier alpha value is -4.32. The van der Waals surface area contributed by atoms with Crippen molar-refractivity contribution in [3.63, 3.8) is 0 Å². The highest BCUT2D eigenvalue weighted by atomic mass is 19.1. The molecule has 4 aromatic heterocycles. The van der Waals surface area contributed by atoms with E-state index in [9.17, 15) is 19.1 Å². The van der Waals surface area contributed by atoms with Crippen molar-refractivity contribution in [2.75, 3.05) is 30.8 Å². The summed E-state index contributed by atoms with van der Waals surface area (Å²) < 4.78 is 16.7. The lowest BCUT2D eigenvalue weighted by Crippen LogP contribution is -2.29. The SMILES string of the molecule is CNc1cc(Nc2cccn(-c3ncccc3F)c2=O)nc2c(C(=O)NC[C@@H](C)CO)cnn12. The molecule has 0 saturated heterocycles. The molecule has 0 aromatic carbocycles. The van der Waals surface area contributed by atoms with Crippen molar-refractivity contribution in [1.29, 1.82) is 0 Å². The normalized spacial score (nSPS) is 11.9. The maximum Gasteiger partial charge on any atom is 0.280 e. The topological polar surface area (TPSA) is 138 Å². The monoisotopic (exact) mass is 466 g/mol. The van der Waals surface area contributed by atoms with Crippen LogP contribution in [0.2, 0.25) is 0 Å². The lowest BCUT2D eigenvalue weighted by atomic mass is 10.2. The molecule has 0 fully saturated rings. The first-order valence-corrected chi connectivity index (χ1v) is 10.5. The van der Waals surface area contributed by atoms with Gasteiger partial charge >= 0.3 is 0 Å². The maximum atomic E-state index is 14.2. The van der Waals surface area contributed by atoms with E-state index in [0.29, 0.717) is 5.82 Å². The molecule has 12 heteroatoms. The lowest BCUT2D eigenvalue weighted by molar-refractivity contribution is 0.0943. The van der Waals surface area contributed by atoms with Gasteiger partial charge in [-0.15, -0.1) is 0 Å². The van der Waals surface area contributed by atoms with Crippen LogP contribution in [0, 0.1) is 11.7 Å². The molecular weight excluding hydrogens is 443 g/mol. The molecule has 0 aliphatic carbocycles. The van der Waals surface area contributed by atoms with Crippen LogP contribution in [0.1, 0.15) is 17.3 Å². The molecule has 4 aromatic rings. The Kier molecular flexibility index (Phi) is 6.50. The minimum absolute atomic E-state index is 0.0533. The fraction of sp³-hybridized carbons (Fsp3) is 0.227. The summed E-state index contributed by atoms with van der Waals surface area (Å²) in [4.78, 5) is 34.1. The van der Waals surface area contributed by atoms with Crippen molar-refractivity contribution in [2.45, 2.75) is 6.92 Å². The highest BCUT2D eigenvalue weighted by molar-refractivity contribution is 6.00. The van der Waals surface area contributed by atoms with Crippen LogP contribution in [0.3, 0.4) is 0 Å². The zero-order valence-electron chi connectivity index (χ0n) is 18.5. The third kappa shape index (κ3) is 4.43. The first-order valence-electron chi connectivity index (χ1n) is 10.5. The van der Waals surface area contributed by atoms with E-state index in [1.165, 1.54) is 41.3 Å². The van der Waals surface area contributed by atoms with Gasteiger partial charge < -0.3 is 21.1 Å². The van der Waals surface area contributed by atoms with Gasteiger partial charge in [0, 0.05) is 38.7 Å². The number of aliphatic hydroxyl groups is 1. The number of nitrogens with one attached hydrogen (secondary N) is 3. The first kappa shape index (κ1) is 22.9. The first-order chi connectivity index (χ1) is 16.4. The third-order valence-electron chi connectivity index (χ3n) is 5.07. The average Bonchev–Trinajstić information content (AvgIpc) is 3.27. The zero-order chi connectivity index (χ0) is 24.2. The summed E-state index contributed by atoms with van der Waals surface area (Å²) in [5, 5.41) is 22.1. The number of amides is 1. The van der Waals surface area contributed by atoms with Gasteiger partial charge in [0.2, 0.25) is 0 Å². The van der Waals surface area contributed by atoms with Gasteiger partial charge in [0.25, 0.3) is 11.5 Å². The maximum absolute atomic E-state index is 14.2. The number of nitrogens with zero attached hydrogens (tertiary/aromatic N) is 5. The van der Waals surface area contributed by atoms with Gasteiger partial charge in [-0.2, -0.15) is 9.61 Å². The Bertz CT molecular complexity index is 1400. The minimum atomic E-state index is -0.635. The number of hydrogen-bond donors (Lipinski definition) is 4. The molecule has 0 spiro atoms. The Balaban J connectivity index is 1.71. The van der Waals surface area contributed by atoms with E-state index in [1.54, 1.807) is 26.1 Å². The molecule has 0 bridgehead atoms. The molecule has 0 aliphatic rings.